The lowest BCUT2D eigenvalue weighted by atomic mass is 10.0. The summed E-state index contributed by atoms with van der Waals surface area (Å²) in [7, 11) is 1.64. The van der Waals surface area contributed by atoms with E-state index in [-0.39, 0.29) is 11.2 Å². The van der Waals surface area contributed by atoms with E-state index in [1.807, 2.05) is 49.4 Å². The van der Waals surface area contributed by atoms with Crippen molar-refractivity contribution in [3.8, 4) is 5.75 Å². The van der Waals surface area contributed by atoms with Gasteiger partial charge >= 0.3 is 0 Å². The summed E-state index contributed by atoms with van der Waals surface area (Å²) in [5.41, 5.74) is 2.05. The Balaban J connectivity index is 2.02. The van der Waals surface area contributed by atoms with E-state index in [0.717, 1.165) is 21.9 Å². The minimum Gasteiger partial charge on any atom is -0.497 e. The molecule has 0 aliphatic heterocycles. The highest BCUT2D eigenvalue weighted by Crippen LogP contribution is 2.28. The molecule has 122 valence electrons. The number of anilines is 1. The zero-order valence-electron chi connectivity index (χ0n) is 14.0. The largest absolute Gasteiger partial charge is 0.497 e. The number of ether oxygens (including phenoxy) is 1. The summed E-state index contributed by atoms with van der Waals surface area (Å²) >= 11 is 1.54. The Morgan fingerprint density at radius 1 is 1.04 bits per heavy atom. The zero-order valence-corrected chi connectivity index (χ0v) is 14.8. The number of hydrogen-bond acceptors (Lipinski definition) is 3. The molecule has 4 heteroatoms. The van der Waals surface area contributed by atoms with Crippen LogP contribution in [0.5, 0.6) is 5.75 Å². The molecular formula is C19H23NO2S. The fourth-order valence-electron chi connectivity index (χ4n) is 2.26. The number of methoxy groups -OCH3 is 1. The van der Waals surface area contributed by atoms with Gasteiger partial charge in [0.05, 0.1) is 12.4 Å². The van der Waals surface area contributed by atoms with Crippen molar-refractivity contribution < 1.29 is 9.53 Å². The molecule has 1 unspecified atom stereocenters. The number of hydrogen-bond donors (Lipinski definition) is 1. The number of carbonyl (C=O) groups excluding carboxylic acids is 1. The van der Waals surface area contributed by atoms with Gasteiger partial charge in [0.2, 0.25) is 5.91 Å². The molecule has 0 heterocycles. The van der Waals surface area contributed by atoms with Crippen molar-refractivity contribution in [2.24, 2.45) is 0 Å². The Morgan fingerprint density at radius 2 is 1.70 bits per heavy atom. The average molecular weight is 329 g/mol. The molecular weight excluding hydrogens is 306 g/mol. The Labute approximate surface area is 142 Å². The zero-order chi connectivity index (χ0) is 16.8. The molecule has 0 saturated carbocycles. The van der Waals surface area contributed by atoms with Crippen molar-refractivity contribution in [2.75, 3.05) is 12.4 Å². The van der Waals surface area contributed by atoms with Crippen molar-refractivity contribution in [2.45, 2.75) is 36.8 Å². The van der Waals surface area contributed by atoms with E-state index in [2.05, 4.69) is 25.2 Å². The number of para-hydroxylation sites is 1. The second-order valence-corrected chi connectivity index (χ2v) is 7.08. The SMILES string of the molecule is COc1ccc(SC(C)C(=O)Nc2ccccc2C(C)C)cc1. The number of carbonyl (C=O) groups is 1. The van der Waals surface area contributed by atoms with Crippen LogP contribution in [0.15, 0.2) is 53.4 Å². The maximum atomic E-state index is 12.5. The lowest BCUT2D eigenvalue weighted by molar-refractivity contribution is -0.115. The number of benzene rings is 2. The van der Waals surface area contributed by atoms with Crippen molar-refractivity contribution in [1.82, 2.24) is 0 Å². The highest BCUT2D eigenvalue weighted by Gasteiger charge is 2.16. The van der Waals surface area contributed by atoms with Crippen LogP contribution in [0.3, 0.4) is 0 Å². The lowest BCUT2D eigenvalue weighted by Crippen LogP contribution is -2.23. The summed E-state index contributed by atoms with van der Waals surface area (Å²) in [6.07, 6.45) is 0. The second-order valence-electron chi connectivity index (χ2n) is 5.67. The molecule has 2 aromatic carbocycles. The molecule has 0 radical (unpaired) electrons. The molecule has 0 aromatic heterocycles. The first-order valence-corrected chi connectivity index (χ1v) is 8.59. The highest BCUT2D eigenvalue weighted by atomic mass is 32.2. The topological polar surface area (TPSA) is 38.3 Å². The van der Waals surface area contributed by atoms with Crippen LogP contribution in [0.25, 0.3) is 0 Å². The fraction of sp³-hybridized carbons (Fsp3) is 0.316. The number of thioether (sulfide) groups is 1. The molecule has 0 spiro atoms. The van der Waals surface area contributed by atoms with Crippen LogP contribution >= 0.6 is 11.8 Å². The number of rotatable bonds is 6. The Morgan fingerprint density at radius 3 is 2.30 bits per heavy atom. The maximum Gasteiger partial charge on any atom is 0.237 e. The van der Waals surface area contributed by atoms with Crippen molar-refractivity contribution in [3.05, 3.63) is 54.1 Å². The molecule has 1 amide bonds. The molecule has 2 aromatic rings. The molecule has 0 fully saturated rings. The molecule has 0 aliphatic rings. The minimum absolute atomic E-state index is 0.0129. The van der Waals surface area contributed by atoms with Gasteiger partial charge in [0.25, 0.3) is 0 Å². The van der Waals surface area contributed by atoms with Gasteiger partial charge in [0, 0.05) is 10.6 Å². The van der Waals surface area contributed by atoms with Gasteiger partial charge in [-0.15, -0.1) is 11.8 Å². The Kier molecular flexibility index (Phi) is 6.11. The summed E-state index contributed by atoms with van der Waals surface area (Å²) < 4.78 is 5.15. The summed E-state index contributed by atoms with van der Waals surface area (Å²) in [4.78, 5) is 13.5. The van der Waals surface area contributed by atoms with Gasteiger partial charge in [-0.25, -0.2) is 0 Å². The van der Waals surface area contributed by atoms with Crippen LogP contribution in [0.2, 0.25) is 0 Å². The van der Waals surface area contributed by atoms with E-state index in [4.69, 9.17) is 4.74 Å². The van der Waals surface area contributed by atoms with E-state index >= 15 is 0 Å². The van der Waals surface area contributed by atoms with Gasteiger partial charge in [-0.1, -0.05) is 32.0 Å². The predicted octanol–water partition coefficient (Wildman–Crippen LogP) is 4.94. The average Bonchev–Trinajstić information content (AvgIpc) is 2.55. The monoisotopic (exact) mass is 329 g/mol. The van der Waals surface area contributed by atoms with E-state index in [9.17, 15) is 4.79 Å². The van der Waals surface area contributed by atoms with Crippen LogP contribution in [-0.4, -0.2) is 18.3 Å². The van der Waals surface area contributed by atoms with E-state index < -0.39 is 0 Å². The third-order valence-corrected chi connectivity index (χ3v) is 4.69. The summed E-state index contributed by atoms with van der Waals surface area (Å²) in [5, 5.41) is 2.87. The number of nitrogens with one attached hydrogen (secondary N) is 1. The molecule has 0 saturated heterocycles. The van der Waals surface area contributed by atoms with E-state index in [1.54, 1.807) is 7.11 Å². The molecule has 23 heavy (non-hydrogen) atoms. The second kappa shape index (κ2) is 8.06. The highest BCUT2D eigenvalue weighted by molar-refractivity contribution is 8.00. The predicted molar refractivity (Wildman–Crippen MR) is 97.5 cm³/mol. The van der Waals surface area contributed by atoms with Crippen molar-refractivity contribution >= 4 is 23.4 Å². The Hall–Kier alpha value is -1.94. The maximum absolute atomic E-state index is 12.5. The minimum atomic E-state index is -0.177. The van der Waals surface area contributed by atoms with Gasteiger partial charge in [-0.3, -0.25) is 4.79 Å². The normalized spacial score (nSPS) is 12.0. The molecule has 1 atom stereocenters. The van der Waals surface area contributed by atoms with Gasteiger partial charge in [-0.2, -0.15) is 0 Å². The molecule has 2 rings (SSSR count). The van der Waals surface area contributed by atoms with E-state index in [1.165, 1.54) is 11.8 Å². The molecule has 0 bridgehead atoms. The van der Waals surface area contributed by atoms with Gasteiger partial charge < -0.3 is 10.1 Å². The van der Waals surface area contributed by atoms with Gasteiger partial charge in [-0.05, 0) is 48.7 Å². The van der Waals surface area contributed by atoms with Gasteiger partial charge in [0.15, 0.2) is 0 Å². The molecule has 1 N–H and O–H groups in total. The first-order chi connectivity index (χ1) is 11.0. The molecule has 0 aliphatic carbocycles. The van der Waals surface area contributed by atoms with Crippen molar-refractivity contribution in [1.29, 1.82) is 0 Å². The standard InChI is InChI=1S/C19H23NO2S/c1-13(2)17-7-5-6-8-18(17)20-19(21)14(3)23-16-11-9-15(22-4)10-12-16/h5-14H,1-4H3,(H,20,21). The van der Waals surface area contributed by atoms with E-state index in [0.29, 0.717) is 5.92 Å². The summed E-state index contributed by atoms with van der Waals surface area (Å²) in [5.74, 6) is 1.20. The quantitative estimate of drug-likeness (QED) is 0.763. The molecule has 3 nitrogen and oxygen atoms in total. The smallest absolute Gasteiger partial charge is 0.237 e. The first-order valence-electron chi connectivity index (χ1n) is 7.71. The fourth-order valence-corrected chi connectivity index (χ4v) is 3.13. The Bertz CT molecular complexity index is 653. The first kappa shape index (κ1) is 17.4. The van der Waals surface area contributed by atoms with Crippen LogP contribution < -0.4 is 10.1 Å². The third-order valence-electron chi connectivity index (χ3n) is 3.58. The summed E-state index contributed by atoms with van der Waals surface area (Å²) in [6, 6.07) is 15.7. The number of amides is 1. The van der Waals surface area contributed by atoms with Crippen molar-refractivity contribution in [3.63, 3.8) is 0 Å². The van der Waals surface area contributed by atoms with Gasteiger partial charge in [0.1, 0.15) is 5.75 Å². The van der Waals surface area contributed by atoms with Crippen LogP contribution in [-0.2, 0) is 4.79 Å². The van der Waals surface area contributed by atoms with Crippen LogP contribution in [0, 0.1) is 0 Å². The third kappa shape index (κ3) is 4.76. The summed E-state index contributed by atoms with van der Waals surface area (Å²) in [6.45, 7) is 6.17. The van der Waals surface area contributed by atoms with Crippen LogP contribution in [0.1, 0.15) is 32.3 Å². The lowest BCUT2D eigenvalue weighted by Gasteiger charge is -2.16. The van der Waals surface area contributed by atoms with Crippen LogP contribution in [0.4, 0.5) is 5.69 Å².